The Bertz CT molecular complexity index is 893. The van der Waals surface area contributed by atoms with Crippen molar-refractivity contribution in [3.8, 4) is 16.9 Å². The molecule has 0 atom stereocenters. The first kappa shape index (κ1) is 15.2. The minimum absolute atomic E-state index is 0.122. The Balaban J connectivity index is 1.75. The third kappa shape index (κ3) is 2.30. The number of carbonyl (C=O) groups excluding carboxylic acids is 1. The summed E-state index contributed by atoms with van der Waals surface area (Å²) in [7, 11) is 3.58. The van der Waals surface area contributed by atoms with Crippen molar-refractivity contribution in [3.05, 3.63) is 59.3 Å². The SMILES string of the molecule is CN1C(=O)/C(=C2/Oc3ccc(-c4ccccc4)cc3N2C)SC1=S. The van der Waals surface area contributed by atoms with Gasteiger partial charge >= 0.3 is 0 Å². The molecular weight excluding hydrogens is 340 g/mol. The summed E-state index contributed by atoms with van der Waals surface area (Å²) in [6.07, 6.45) is 0. The number of anilines is 1. The number of benzene rings is 2. The average Bonchev–Trinajstić information content (AvgIpc) is 3.07. The molecule has 0 aliphatic carbocycles. The molecule has 6 heteroatoms. The zero-order valence-electron chi connectivity index (χ0n) is 13.1. The van der Waals surface area contributed by atoms with E-state index in [1.54, 1.807) is 7.05 Å². The third-order valence-corrected chi connectivity index (χ3v) is 5.62. The summed E-state index contributed by atoms with van der Waals surface area (Å²) < 4.78 is 6.48. The summed E-state index contributed by atoms with van der Waals surface area (Å²) >= 11 is 6.48. The number of hydrogen-bond acceptors (Lipinski definition) is 5. The van der Waals surface area contributed by atoms with Crippen molar-refractivity contribution >= 4 is 39.9 Å². The normalized spacial score (nSPS) is 19.8. The molecule has 2 aromatic rings. The van der Waals surface area contributed by atoms with Crippen LogP contribution in [0.2, 0.25) is 0 Å². The van der Waals surface area contributed by atoms with E-state index in [4.69, 9.17) is 17.0 Å². The zero-order valence-corrected chi connectivity index (χ0v) is 14.8. The number of fused-ring (bicyclic) bond motifs is 1. The lowest BCUT2D eigenvalue weighted by Gasteiger charge is -2.13. The van der Waals surface area contributed by atoms with Gasteiger partial charge in [-0.05, 0) is 35.0 Å². The van der Waals surface area contributed by atoms with Crippen molar-refractivity contribution in [1.29, 1.82) is 0 Å². The van der Waals surface area contributed by atoms with Crippen molar-refractivity contribution in [1.82, 2.24) is 4.90 Å². The van der Waals surface area contributed by atoms with Crippen LogP contribution < -0.4 is 9.64 Å². The molecule has 0 aromatic heterocycles. The average molecular weight is 354 g/mol. The fourth-order valence-corrected chi connectivity index (χ4v) is 3.94. The van der Waals surface area contributed by atoms with Gasteiger partial charge in [0.25, 0.3) is 5.91 Å². The van der Waals surface area contributed by atoms with Crippen LogP contribution in [0.25, 0.3) is 11.1 Å². The largest absolute Gasteiger partial charge is 0.437 e. The summed E-state index contributed by atoms with van der Waals surface area (Å²) in [6, 6.07) is 16.2. The summed E-state index contributed by atoms with van der Waals surface area (Å²) in [5, 5.41) is 0. The summed E-state index contributed by atoms with van der Waals surface area (Å²) in [5.41, 5.74) is 3.18. The monoisotopic (exact) mass is 354 g/mol. The van der Waals surface area contributed by atoms with Crippen LogP contribution in [-0.4, -0.2) is 29.2 Å². The first-order valence-corrected chi connectivity index (χ1v) is 8.64. The summed E-state index contributed by atoms with van der Waals surface area (Å²) in [5.74, 6) is 1.16. The van der Waals surface area contributed by atoms with E-state index in [0.717, 1.165) is 22.6 Å². The number of thioether (sulfide) groups is 1. The maximum Gasteiger partial charge on any atom is 0.271 e. The van der Waals surface area contributed by atoms with E-state index < -0.39 is 0 Å². The van der Waals surface area contributed by atoms with Crippen molar-refractivity contribution in [2.24, 2.45) is 0 Å². The zero-order chi connectivity index (χ0) is 16.8. The lowest BCUT2D eigenvalue weighted by Crippen LogP contribution is -2.24. The smallest absolute Gasteiger partial charge is 0.271 e. The number of likely N-dealkylation sites (N-methyl/N-ethyl adjacent to an activating group) is 1. The van der Waals surface area contributed by atoms with Crippen molar-refractivity contribution in [2.75, 3.05) is 19.0 Å². The number of ether oxygens (including phenoxy) is 1. The maximum absolute atomic E-state index is 12.3. The molecule has 2 aromatic carbocycles. The molecule has 2 aliphatic heterocycles. The Hall–Kier alpha value is -2.31. The fraction of sp³-hybridized carbons (Fsp3) is 0.111. The molecule has 0 N–H and O–H groups in total. The minimum atomic E-state index is -0.122. The number of amides is 1. The highest BCUT2D eigenvalue weighted by Crippen LogP contribution is 2.44. The second kappa shape index (κ2) is 5.65. The molecule has 2 heterocycles. The number of nitrogens with zero attached hydrogens (tertiary/aromatic N) is 2. The van der Waals surface area contributed by atoms with Crippen LogP contribution in [0.5, 0.6) is 5.75 Å². The molecule has 24 heavy (non-hydrogen) atoms. The lowest BCUT2D eigenvalue weighted by atomic mass is 10.0. The van der Waals surface area contributed by atoms with E-state index in [0.29, 0.717) is 15.1 Å². The maximum atomic E-state index is 12.3. The Morgan fingerprint density at radius 2 is 1.75 bits per heavy atom. The number of thiocarbonyl (C=S) groups is 1. The third-order valence-electron chi connectivity index (χ3n) is 4.10. The molecule has 1 saturated heterocycles. The molecule has 4 nitrogen and oxygen atoms in total. The quantitative estimate of drug-likeness (QED) is 0.574. The molecule has 120 valence electrons. The van der Waals surface area contributed by atoms with Gasteiger partial charge in [-0.1, -0.05) is 48.6 Å². The molecule has 4 rings (SSSR count). The molecule has 0 unspecified atom stereocenters. The topological polar surface area (TPSA) is 32.8 Å². The Kier molecular flexibility index (Phi) is 3.58. The van der Waals surface area contributed by atoms with Gasteiger partial charge in [0.1, 0.15) is 9.23 Å². The van der Waals surface area contributed by atoms with E-state index in [-0.39, 0.29) is 5.91 Å². The molecule has 0 radical (unpaired) electrons. The highest BCUT2D eigenvalue weighted by atomic mass is 32.2. The van der Waals surface area contributed by atoms with E-state index in [9.17, 15) is 4.79 Å². The van der Waals surface area contributed by atoms with Crippen molar-refractivity contribution in [3.63, 3.8) is 0 Å². The summed E-state index contributed by atoms with van der Waals surface area (Å²) in [4.78, 5) is 16.2. The number of hydrogen-bond donors (Lipinski definition) is 0. The summed E-state index contributed by atoms with van der Waals surface area (Å²) in [6.45, 7) is 0. The standard InChI is InChI=1S/C18H14N2O2S2/c1-19-13-10-12(11-6-4-3-5-7-11)8-9-14(13)22-17(19)15-16(21)20(2)18(23)24-15/h3-10H,1-2H3/b17-15-. The van der Waals surface area contributed by atoms with E-state index in [1.165, 1.54) is 16.7 Å². The number of carbonyl (C=O) groups is 1. The van der Waals surface area contributed by atoms with Gasteiger partial charge in [-0.25, -0.2) is 0 Å². The Labute approximate surface area is 149 Å². The van der Waals surface area contributed by atoms with E-state index in [1.807, 2.05) is 42.3 Å². The predicted octanol–water partition coefficient (Wildman–Crippen LogP) is 3.84. The Morgan fingerprint density at radius 3 is 2.42 bits per heavy atom. The molecular formula is C18H14N2O2S2. The van der Waals surface area contributed by atoms with Gasteiger partial charge in [0.05, 0.1) is 5.69 Å². The van der Waals surface area contributed by atoms with Gasteiger partial charge in [-0.2, -0.15) is 0 Å². The van der Waals surface area contributed by atoms with Crippen LogP contribution in [0, 0.1) is 0 Å². The van der Waals surface area contributed by atoms with Crippen LogP contribution >= 0.6 is 24.0 Å². The highest BCUT2D eigenvalue weighted by molar-refractivity contribution is 8.26. The molecule has 0 saturated carbocycles. The van der Waals surface area contributed by atoms with Crippen LogP contribution in [0.1, 0.15) is 0 Å². The predicted molar refractivity (Wildman–Crippen MR) is 101 cm³/mol. The van der Waals surface area contributed by atoms with E-state index >= 15 is 0 Å². The first-order chi connectivity index (χ1) is 11.6. The molecule has 1 fully saturated rings. The van der Waals surface area contributed by atoms with Crippen LogP contribution in [-0.2, 0) is 4.79 Å². The van der Waals surface area contributed by atoms with Crippen LogP contribution in [0.15, 0.2) is 59.3 Å². The fourth-order valence-electron chi connectivity index (χ4n) is 2.73. The minimum Gasteiger partial charge on any atom is -0.437 e. The second-order valence-corrected chi connectivity index (χ2v) is 7.22. The first-order valence-electron chi connectivity index (χ1n) is 7.41. The molecule has 1 amide bonds. The highest BCUT2D eigenvalue weighted by Gasteiger charge is 2.37. The Morgan fingerprint density at radius 1 is 1.00 bits per heavy atom. The van der Waals surface area contributed by atoms with Crippen molar-refractivity contribution in [2.45, 2.75) is 0 Å². The van der Waals surface area contributed by atoms with E-state index in [2.05, 4.69) is 18.2 Å². The van der Waals surface area contributed by atoms with Crippen LogP contribution in [0.4, 0.5) is 5.69 Å². The van der Waals surface area contributed by atoms with Gasteiger partial charge in [-0.3, -0.25) is 9.69 Å². The van der Waals surface area contributed by atoms with Gasteiger partial charge in [0.2, 0.25) is 5.88 Å². The lowest BCUT2D eigenvalue weighted by molar-refractivity contribution is -0.121. The van der Waals surface area contributed by atoms with Gasteiger partial charge in [0.15, 0.2) is 5.75 Å². The molecule has 2 aliphatic rings. The molecule has 0 spiro atoms. The second-order valence-electron chi connectivity index (χ2n) is 5.58. The van der Waals surface area contributed by atoms with Gasteiger partial charge < -0.3 is 9.64 Å². The molecule has 0 bridgehead atoms. The number of rotatable bonds is 1. The van der Waals surface area contributed by atoms with Gasteiger partial charge in [0, 0.05) is 14.1 Å². The van der Waals surface area contributed by atoms with Gasteiger partial charge in [-0.15, -0.1) is 0 Å². The van der Waals surface area contributed by atoms with Crippen molar-refractivity contribution < 1.29 is 9.53 Å². The van der Waals surface area contributed by atoms with Crippen LogP contribution in [0.3, 0.4) is 0 Å².